The molecule has 2 aromatic heterocycles. The number of nitrogens with one attached hydrogen (secondary N) is 1. The molecule has 0 aromatic carbocycles. The van der Waals surface area contributed by atoms with Crippen LogP contribution in [0.3, 0.4) is 0 Å². The summed E-state index contributed by atoms with van der Waals surface area (Å²) in [6.45, 7) is 14.4. The number of anilines is 1. The van der Waals surface area contributed by atoms with Gasteiger partial charge in [-0.2, -0.15) is 4.98 Å². The highest BCUT2D eigenvalue weighted by Crippen LogP contribution is 2.48. The minimum atomic E-state index is -2.19. The first-order valence-electron chi connectivity index (χ1n) is 10.1. The molecule has 166 valence electrons. The first-order chi connectivity index (χ1) is 13.7. The van der Waals surface area contributed by atoms with Crippen LogP contribution in [0.1, 0.15) is 40.8 Å². The fourth-order valence-corrected chi connectivity index (χ4v) is 6.06. The maximum Gasteiger partial charge on any atom is 0.348 e. The molecule has 0 spiro atoms. The van der Waals surface area contributed by atoms with E-state index in [9.17, 15) is 9.90 Å². The highest BCUT2D eigenvalue weighted by Gasteiger charge is 2.61. The molecule has 0 saturated carbocycles. The van der Waals surface area contributed by atoms with E-state index in [-0.39, 0.29) is 10.9 Å². The van der Waals surface area contributed by atoms with Crippen LogP contribution in [0.4, 0.5) is 5.82 Å². The third-order valence-electron chi connectivity index (χ3n) is 6.79. The molecule has 4 rings (SSSR count). The number of nitrogen functional groups attached to an aromatic ring is 1. The summed E-state index contributed by atoms with van der Waals surface area (Å²) in [4.78, 5) is 22.7. The number of H-pyrrole nitrogens is 1. The van der Waals surface area contributed by atoms with E-state index in [0.717, 1.165) is 0 Å². The molecule has 11 heteroatoms. The van der Waals surface area contributed by atoms with Gasteiger partial charge in [-0.05, 0) is 18.9 Å². The van der Waals surface area contributed by atoms with Gasteiger partial charge in [0.05, 0.1) is 20.1 Å². The summed E-state index contributed by atoms with van der Waals surface area (Å²) in [5.41, 5.74) is 5.31. The van der Waals surface area contributed by atoms with Gasteiger partial charge in [0, 0.05) is 0 Å². The van der Waals surface area contributed by atoms with Gasteiger partial charge in [0.1, 0.15) is 29.6 Å². The number of hydrogen-bond donors (Lipinski definition) is 3. The molecule has 2 aliphatic rings. The Labute approximate surface area is 175 Å². The van der Waals surface area contributed by atoms with E-state index in [2.05, 4.69) is 48.8 Å². The van der Waals surface area contributed by atoms with Gasteiger partial charge in [0.15, 0.2) is 17.7 Å². The second-order valence-corrected chi connectivity index (χ2v) is 15.8. The average molecular weight is 438 g/mol. The average Bonchev–Trinajstić information content (AvgIpc) is 3.23. The maximum atomic E-state index is 11.9. The lowest BCUT2D eigenvalue weighted by Crippen LogP contribution is -2.57. The molecule has 10 nitrogen and oxygen atoms in total. The largest absolute Gasteiger partial charge is 0.394 e. The molecular formula is C19H31N5O5Si. The Bertz CT molecular complexity index is 1030. The zero-order chi connectivity index (χ0) is 22.2. The van der Waals surface area contributed by atoms with Crippen LogP contribution in [0.2, 0.25) is 18.1 Å². The van der Waals surface area contributed by atoms with Crippen LogP contribution < -0.4 is 11.4 Å². The monoisotopic (exact) mass is 437 g/mol. The minimum Gasteiger partial charge on any atom is -0.394 e. The molecule has 4 heterocycles. The Hall–Kier alpha value is -1.79. The molecule has 2 aliphatic heterocycles. The van der Waals surface area contributed by atoms with Crippen molar-refractivity contribution in [1.82, 2.24) is 19.5 Å². The molecule has 0 bridgehead atoms. The fraction of sp³-hybridized carbons (Fsp3) is 0.737. The SMILES string of the molecule is CC1(C)O[C@@H]2[C@H](O1)[C@@H](C(O)[Si](C)(C)C(C)(C)C)O[C@H]2n1cnc2c(N)[nH]c(=O)nc21. The number of hydrogen-bond acceptors (Lipinski definition) is 8. The standard InChI is InChI=1S/C19H31N5O5Si/c1-18(2,3)30(6,7)16(25)12-10-11(29-19(4,5)28-10)15(27-12)24-8-21-9-13(20)22-17(26)23-14(9)24/h8,10-12,15-16,25H,1-7H3,(H3,20,22,23,26)/t10-,11+,12-,15+,16?/m0/s1. The molecule has 30 heavy (non-hydrogen) atoms. The van der Waals surface area contributed by atoms with E-state index >= 15 is 0 Å². The molecule has 1 unspecified atom stereocenters. The smallest absolute Gasteiger partial charge is 0.348 e. The molecular weight excluding hydrogens is 406 g/mol. The first kappa shape index (κ1) is 21.4. The number of nitrogens with two attached hydrogens (primary N) is 1. The fourth-order valence-electron chi connectivity index (χ4n) is 4.08. The van der Waals surface area contributed by atoms with E-state index in [1.54, 1.807) is 4.57 Å². The topological polar surface area (TPSA) is 138 Å². The van der Waals surface area contributed by atoms with E-state index < -0.39 is 49.8 Å². The molecule has 2 fully saturated rings. The van der Waals surface area contributed by atoms with Gasteiger partial charge in [-0.1, -0.05) is 33.9 Å². The molecule has 0 amide bonds. The van der Waals surface area contributed by atoms with Gasteiger partial charge >= 0.3 is 5.69 Å². The first-order valence-corrected chi connectivity index (χ1v) is 13.2. The second kappa shape index (κ2) is 6.60. The van der Waals surface area contributed by atoms with Crippen LogP contribution in [0.15, 0.2) is 11.1 Å². The van der Waals surface area contributed by atoms with Crippen LogP contribution in [-0.4, -0.2) is 62.5 Å². The number of aliphatic hydroxyl groups is 1. The number of ether oxygens (including phenoxy) is 3. The Kier molecular flexibility index (Phi) is 4.72. The van der Waals surface area contributed by atoms with Crippen LogP contribution in [-0.2, 0) is 14.2 Å². The van der Waals surface area contributed by atoms with Crippen molar-refractivity contribution in [1.29, 1.82) is 0 Å². The zero-order valence-corrected chi connectivity index (χ0v) is 19.5. The maximum absolute atomic E-state index is 11.9. The van der Waals surface area contributed by atoms with E-state index in [1.165, 1.54) is 6.33 Å². The van der Waals surface area contributed by atoms with Gasteiger partial charge < -0.3 is 25.1 Å². The summed E-state index contributed by atoms with van der Waals surface area (Å²) in [7, 11) is -2.19. The number of aromatic nitrogens is 4. The van der Waals surface area contributed by atoms with Gasteiger partial charge in [-0.25, -0.2) is 9.78 Å². The molecule has 5 atom stereocenters. The number of aromatic amines is 1. The summed E-state index contributed by atoms with van der Waals surface area (Å²) < 4.78 is 20.3. The van der Waals surface area contributed by atoms with Crippen LogP contribution in [0.5, 0.6) is 0 Å². The number of aliphatic hydroxyl groups excluding tert-OH is 1. The predicted octanol–water partition coefficient (Wildman–Crippen LogP) is 1.53. The third-order valence-corrected chi connectivity index (χ3v) is 12.5. The molecule has 2 aromatic rings. The highest BCUT2D eigenvalue weighted by atomic mass is 28.3. The molecule has 4 N–H and O–H groups in total. The van der Waals surface area contributed by atoms with Crippen molar-refractivity contribution < 1.29 is 19.3 Å². The van der Waals surface area contributed by atoms with Crippen molar-refractivity contribution >= 4 is 25.1 Å². The Morgan fingerprint density at radius 1 is 1.30 bits per heavy atom. The number of rotatable bonds is 3. The molecule has 2 saturated heterocycles. The normalized spacial score (nSPS) is 30.0. The quantitative estimate of drug-likeness (QED) is 0.615. The third kappa shape index (κ3) is 3.19. The van der Waals surface area contributed by atoms with Crippen molar-refractivity contribution in [3.05, 3.63) is 16.8 Å². The molecule has 0 radical (unpaired) electrons. The summed E-state index contributed by atoms with van der Waals surface area (Å²) >= 11 is 0. The summed E-state index contributed by atoms with van der Waals surface area (Å²) in [6, 6.07) is 0. The van der Waals surface area contributed by atoms with Crippen molar-refractivity contribution in [2.45, 2.75) is 88.8 Å². The lowest BCUT2D eigenvalue weighted by Gasteiger charge is -2.43. The number of imidazole rings is 1. The van der Waals surface area contributed by atoms with Gasteiger partial charge in [-0.3, -0.25) is 9.55 Å². The van der Waals surface area contributed by atoms with Crippen LogP contribution in [0.25, 0.3) is 11.2 Å². The Morgan fingerprint density at radius 3 is 2.57 bits per heavy atom. The van der Waals surface area contributed by atoms with E-state index in [0.29, 0.717) is 11.2 Å². The van der Waals surface area contributed by atoms with Crippen molar-refractivity contribution in [2.75, 3.05) is 5.73 Å². The van der Waals surface area contributed by atoms with Crippen molar-refractivity contribution in [2.24, 2.45) is 0 Å². The lowest BCUT2D eigenvalue weighted by molar-refractivity contribution is -0.202. The molecule has 0 aliphatic carbocycles. The number of nitrogens with zero attached hydrogens (tertiary/aromatic N) is 3. The summed E-state index contributed by atoms with van der Waals surface area (Å²) in [5.74, 6) is -0.691. The van der Waals surface area contributed by atoms with Crippen LogP contribution in [0, 0.1) is 0 Å². The number of fused-ring (bicyclic) bond motifs is 2. The zero-order valence-electron chi connectivity index (χ0n) is 18.5. The second-order valence-electron chi connectivity index (χ2n) is 10.3. The van der Waals surface area contributed by atoms with Crippen molar-refractivity contribution in [3.63, 3.8) is 0 Å². The van der Waals surface area contributed by atoms with E-state index in [1.807, 2.05) is 13.8 Å². The Morgan fingerprint density at radius 2 is 1.93 bits per heavy atom. The van der Waals surface area contributed by atoms with Crippen molar-refractivity contribution in [3.8, 4) is 0 Å². The minimum absolute atomic E-state index is 0.0522. The van der Waals surface area contributed by atoms with Crippen LogP contribution >= 0.6 is 0 Å². The Balaban J connectivity index is 1.77. The van der Waals surface area contributed by atoms with Gasteiger partial charge in [0.25, 0.3) is 0 Å². The van der Waals surface area contributed by atoms with E-state index in [4.69, 9.17) is 19.9 Å². The summed E-state index contributed by atoms with van der Waals surface area (Å²) in [6.07, 6.45) is -0.687. The lowest BCUT2D eigenvalue weighted by atomic mass is 10.1. The predicted molar refractivity (Wildman–Crippen MR) is 113 cm³/mol. The summed E-state index contributed by atoms with van der Waals surface area (Å²) in [5, 5.41) is 11.4. The highest BCUT2D eigenvalue weighted by molar-refractivity contribution is 6.81. The van der Waals surface area contributed by atoms with Gasteiger partial charge in [-0.15, -0.1) is 0 Å². The van der Waals surface area contributed by atoms with Gasteiger partial charge in [0.2, 0.25) is 0 Å².